The maximum atomic E-state index is 14.0. The van der Waals surface area contributed by atoms with Gasteiger partial charge in [0.1, 0.15) is 5.82 Å². The standard InChI is InChI=1S/C20H18ClFN6O/c1-12-11-13(2)24-18(23-12)27-19(26-17-6-4-3-5-16(17)22)28-20(29)25-15-9-7-14(21)8-10-15/h3-11H,1-2H3,(H3,23,24,25,26,27,28,29). The minimum absolute atomic E-state index is 0.0356. The van der Waals surface area contributed by atoms with E-state index in [2.05, 4.69) is 30.9 Å². The van der Waals surface area contributed by atoms with Gasteiger partial charge in [-0.05, 0) is 56.3 Å². The summed E-state index contributed by atoms with van der Waals surface area (Å²) >= 11 is 5.85. The minimum Gasteiger partial charge on any atom is -0.323 e. The quantitative estimate of drug-likeness (QED) is 0.425. The molecule has 2 amide bonds. The van der Waals surface area contributed by atoms with E-state index in [0.717, 1.165) is 0 Å². The lowest BCUT2D eigenvalue weighted by atomic mass is 10.3. The summed E-state index contributed by atoms with van der Waals surface area (Å²) in [6.45, 7) is 3.61. The molecule has 0 saturated carbocycles. The highest BCUT2D eigenvalue weighted by Gasteiger charge is 2.11. The van der Waals surface area contributed by atoms with Crippen LogP contribution in [0.15, 0.2) is 59.6 Å². The normalized spacial score (nSPS) is 11.1. The van der Waals surface area contributed by atoms with Gasteiger partial charge in [-0.1, -0.05) is 23.7 Å². The van der Waals surface area contributed by atoms with Crippen molar-refractivity contribution in [1.82, 2.24) is 15.3 Å². The van der Waals surface area contributed by atoms with Gasteiger partial charge < -0.3 is 10.6 Å². The van der Waals surface area contributed by atoms with Crippen molar-refractivity contribution in [2.45, 2.75) is 13.8 Å². The number of nitrogens with zero attached hydrogens (tertiary/aromatic N) is 3. The Labute approximate surface area is 172 Å². The van der Waals surface area contributed by atoms with Gasteiger partial charge in [0.05, 0.1) is 5.69 Å². The molecule has 148 valence electrons. The number of para-hydroxylation sites is 1. The molecule has 7 nitrogen and oxygen atoms in total. The van der Waals surface area contributed by atoms with E-state index in [-0.39, 0.29) is 17.6 Å². The molecule has 1 heterocycles. The average molecular weight is 413 g/mol. The van der Waals surface area contributed by atoms with Crippen molar-refractivity contribution in [2.75, 3.05) is 10.6 Å². The molecule has 29 heavy (non-hydrogen) atoms. The van der Waals surface area contributed by atoms with E-state index in [1.807, 2.05) is 0 Å². The van der Waals surface area contributed by atoms with Crippen LogP contribution in [0.5, 0.6) is 0 Å². The number of nitrogens with one attached hydrogen (secondary N) is 3. The third kappa shape index (κ3) is 5.98. The number of urea groups is 1. The fourth-order valence-corrected chi connectivity index (χ4v) is 2.56. The van der Waals surface area contributed by atoms with Crippen LogP contribution in [0.1, 0.15) is 11.4 Å². The largest absolute Gasteiger partial charge is 0.326 e. The van der Waals surface area contributed by atoms with E-state index >= 15 is 0 Å². The summed E-state index contributed by atoms with van der Waals surface area (Å²) in [6, 6.07) is 13.8. The molecule has 0 fully saturated rings. The number of hydrogen-bond donors (Lipinski definition) is 3. The molecule has 0 atom stereocenters. The number of guanidine groups is 1. The van der Waals surface area contributed by atoms with Crippen LogP contribution >= 0.6 is 11.6 Å². The number of aromatic nitrogens is 2. The van der Waals surface area contributed by atoms with Crippen molar-refractivity contribution in [3.63, 3.8) is 0 Å². The molecular formula is C20H18ClFN6O. The van der Waals surface area contributed by atoms with Gasteiger partial charge in [-0.3, -0.25) is 5.32 Å². The molecular weight excluding hydrogens is 395 g/mol. The monoisotopic (exact) mass is 412 g/mol. The second-order valence-corrected chi connectivity index (χ2v) is 6.54. The number of hydrogen-bond acceptors (Lipinski definition) is 4. The lowest BCUT2D eigenvalue weighted by Crippen LogP contribution is -2.39. The van der Waals surface area contributed by atoms with Crippen molar-refractivity contribution in [3.05, 3.63) is 76.8 Å². The van der Waals surface area contributed by atoms with E-state index in [1.165, 1.54) is 12.1 Å². The second kappa shape index (κ2) is 9.11. The summed E-state index contributed by atoms with van der Waals surface area (Å²) in [6.07, 6.45) is 0. The highest BCUT2D eigenvalue weighted by atomic mass is 35.5. The number of carbonyl (C=O) groups excluding carboxylic acids is 1. The first-order valence-electron chi connectivity index (χ1n) is 8.65. The SMILES string of the molecule is Cc1cc(C)nc(/N=C(/NC(=O)Nc2ccc(Cl)cc2)Nc2ccccc2F)n1. The maximum absolute atomic E-state index is 14.0. The zero-order valence-corrected chi connectivity index (χ0v) is 16.5. The first-order valence-corrected chi connectivity index (χ1v) is 9.03. The van der Waals surface area contributed by atoms with Crippen LogP contribution in [0.3, 0.4) is 0 Å². The Hall–Kier alpha value is -3.52. The Bertz CT molecular complexity index is 1030. The highest BCUT2D eigenvalue weighted by molar-refractivity contribution is 6.30. The molecule has 0 aliphatic carbocycles. The van der Waals surface area contributed by atoms with E-state index in [9.17, 15) is 9.18 Å². The van der Waals surface area contributed by atoms with E-state index in [0.29, 0.717) is 22.1 Å². The zero-order valence-electron chi connectivity index (χ0n) is 15.7. The van der Waals surface area contributed by atoms with Crippen LogP contribution in [0.4, 0.5) is 26.5 Å². The Morgan fingerprint density at radius 1 is 1.00 bits per heavy atom. The van der Waals surface area contributed by atoms with E-state index in [4.69, 9.17) is 11.6 Å². The first-order chi connectivity index (χ1) is 13.9. The van der Waals surface area contributed by atoms with Gasteiger partial charge in [-0.2, -0.15) is 4.99 Å². The number of carbonyl (C=O) groups is 1. The fraction of sp³-hybridized carbons (Fsp3) is 0.100. The van der Waals surface area contributed by atoms with Gasteiger partial charge >= 0.3 is 6.03 Å². The number of aliphatic imine (C=N–C) groups is 1. The van der Waals surface area contributed by atoms with Gasteiger partial charge in [0.25, 0.3) is 5.95 Å². The van der Waals surface area contributed by atoms with Crippen molar-refractivity contribution in [1.29, 1.82) is 0 Å². The Morgan fingerprint density at radius 2 is 1.66 bits per heavy atom. The third-order valence-corrected chi connectivity index (χ3v) is 3.90. The topological polar surface area (TPSA) is 91.3 Å². The summed E-state index contributed by atoms with van der Waals surface area (Å²) in [7, 11) is 0. The van der Waals surface area contributed by atoms with Gasteiger partial charge in [-0.15, -0.1) is 0 Å². The molecule has 0 radical (unpaired) electrons. The molecule has 3 N–H and O–H groups in total. The summed E-state index contributed by atoms with van der Waals surface area (Å²) in [5.74, 6) is -0.402. The number of benzene rings is 2. The summed E-state index contributed by atoms with van der Waals surface area (Å²) < 4.78 is 14.0. The third-order valence-electron chi connectivity index (χ3n) is 3.64. The number of halogens is 2. The number of amides is 2. The predicted molar refractivity (Wildman–Crippen MR) is 112 cm³/mol. The van der Waals surface area contributed by atoms with Crippen LogP contribution in [-0.4, -0.2) is 22.0 Å². The van der Waals surface area contributed by atoms with Crippen LogP contribution in [-0.2, 0) is 0 Å². The molecule has 0 aliphatic rings. The molecule has 1 aromatic heterocycles. The molecule has 3 aromatic rings. The lowest BCUT2D eigenvalue weighted by molar-refractivity contribution is 0.256. The maximum Gasteiger partial charge on any atom is 0.326 e. The number of anilines is 2. The van der Waals surface area contributed by atoms with Crippen molar-refractivity contribution >= 4 is 40.9 Å². The lowest BCUT2D eigenvalue weighted by Gasteiger charge is -2.13. The fourth-order valence-electron chi connectivity index (χ4n) is 2.44. The number of aryl methyl sites for hydroxylation is 2. The molecule has 0 unspecified atom stereocenters. The van der Waals surface area contributed by atoms with E-state index in [1.54, 1.807) is 56.3 Å². The first kappa shape index (κ1) is 20.2. The summed E-state index contributed by atoms with van der Waals surface area (Å²) in [5, 5.41) is 8.51. The van der Waals surface area contributed by atoms with Gasteiger partial charge in [0.2, 0.25) is 5.96 Å². The van der Waals surface area contributed by atoms with Gasteiger partial charge in [-0.25, -0.2) is 19.2 Å². The number of rotatable bonds is 3. The molecule has 3 rings (SSSR count). The Morgan fingerprint density at radius 3 is 2.31 bits per heavy atom. The Balaban J connectivity index is 1.85. The molecule has 0 saturated heterocycles. The summed E-state index contributed by atoms with van der Waals surface area (Å²) in [5.41, 5.74) is 2.10. The van der Waals surface area contributed by atoms with Crippen molar-refractivity contribution in [3.8, 4) is 0 Å². The summed E-state index contributed by atoms with van der Waals surface area (Å²) in [4.78, 5) is 25.1. The van der Waals surface area contributed by atoms with Crippen molar-refractivity contribution < 1.29 is 9.18 Å². The molecule has 0 bridgehead atoms. The van der Waals surface area contributed by atoms with Crippen LogP contribution in [0.25, 0.3) is 0 Å². The van der Waals surface area contributed by atoms with E-state index < -0.39 is 11.8 Å². The second-order valence-electron chi connectivity index (χ2n) is 6.10. The molecule has 0 spiro atoms. The predicted octanol–water partition coefficient (Wildman–Crippen LogP) is 4.81. The zero-order chi connectivity index (χ0) is 20.8. The van der Waals surface area contributed by atoms with Crippen LogP contribution in [0, 0.1) is 19.7 Å². The molecule has 0 aliphatic heterocycles. The Kier molecular flexibility index (Phi) is 6.36. The minimum atomic E-state index is -0.584. The van der Waals surface area contributed by atoms with Crippen LogP contribution < -0.4 is 16.0 Å². The smallest absolute Gasteiger partial charge is 0.323 e. The van der Waals surface area contributed by atoms with Gasteiger partial charge in [0.15, 0.2) is 0 Å². The average Bonchev–Trinajstić information content (AvgIpc) is 2.64. The molecule has 2 aromatic carbocycles. The van der Waals surface area contributed by atoms with Crippen molar-refractivity contribution in [2.24, 2.45) is 4.99 Å². The highest BCUT2D eigenvalue weighted by Crippen LogP contribution is 2.15. The van der Waals surface area contributed by atoms with Crippen LogP contribution in [0.2, 0.25) is 5.02 Å². The molecule has 9 heteroatoms. The van der Waals surface area contributed by atoms with Gasteiger partial charge in [0, 0.05) is 22.1 Å².